The van der Waals surface area contributed by atoms with Crippen molar-refractivity contribution in [3.8, 4) is 0 Å². The lowest BCUT2D eigenvalue weighted by atomic mass is 9.99. The summed E-state index contributed by atoms with van der Waals surface area (Å²) in [5.41, 5.74) is 23.3. The van der Waals surface area contributed by atoms with Crippen LogP contribution in [-0.4, -0.2) is 198 Å². The van der Waals surface area contributed by atoms with Crippen LogP contribution in [0.2, 0.25) is 0 Å². The molecule has 1 unspecified atom stereocenters. The fraction of sp³-hybridized carbons (Fsp3) is 0.525. The molecule has 35 heteroatoms. The van der Waals surface area contributed by atoms with Crippen LogP contribution in [0.5, 0.6) is 0 Å². The minimum atomic E-state index is -1.92. The summed E-state index contributed by atoms with van der Waals surface area (Å²) in [6.45, 7) is 8.75. The lowest BCUT2D eigenvalue weighted by Gasteiger charge is -2.29. The molecule has 0 saturated carbocycles. The molecule has 3 rings (SSSR count). The molecule has 13 amide bonds. The molecule has 528 valence electrons. The number of para-hydroxylation sites is 1. The van der Waals surface area contributed by atoms with Gasteiger partial charge in [-0.1, -0.05) is 76.2 Å². The van der Waals surface area contributed by atoms with E-state index in [4.69, 9.17) is 22.9 Å². The summed E-state index contributed by atoms with van der Waals surface area (Å²) >= 11 is 0. The number of H-pyrrole nitrogens is 1. The van der Waals surface area contributed by atoms with E-state index in [1.54, 1.807) is 74.6 Å². The fourth-order valence-corrected chi connectivity index (χ4v) is 10.1. The van der Waals surface area contributed by atoms with Gasteiger partial charge in [0.1, 0.15) is 54.4 Å². The number of aromatic nitrogens is 1. The number of carbonyl (C=O) groups is 15. The Morgan fingerprint density at radius 3 is 1.39 bits per heavy atom. The first-order chi connectivity index (χ1) is 45.0. The standard InChI is InChI=1S/C61H89N15O19S/c1-29(2)23-40(55(87)68-39(21-22-96(7)95)54(86)73-43(26-47(65)80)59(91)76-50(32(6)77)61(93)94)70-56(88)42(25-34-28-66-36-16-12-11-15-35(34)36)72-53(85)38(18-20-46(64)79)69-60(92)49(30(3)4)75-58(90)41(24-33-13-9-8-10-14-33)71-57(89)44(27-48(81)82)74-52(84)37(17-19-45(63)78)67-51(83)31(5)62/h8-16,28-32,37-44,49-50,66,77H,17-27,62H2,1-7H3,(H2,63,78)(H2,64,79)(H2,65,80)(H,67,83)(H,68,87)(H,69,92)(H,70,88)(H,71,89)(H,72,85)(H,73,86)(H,74,84)(H,75,90)(H,76,91)(H,81,82)(H,93,94)/t31-,32+,37-,38-,39-,40-,41-,42-,43-,44-,49-,50-,96?/m0/s1. The minimum Gasteiger partial charge on any atom is -0.481 e. The van der Waals surface area contributed by atoms with Crippen molar-refractivity contribution in [3.05, 3.63) is 71.9 Å². The lowest BCUT2D eigenvalue weighted by Crippen LogP contribution is -2.62. The Bertz CT molecular complexity index is 3310. The van der Waals surface area contributed by atoms with E-state index in [1.165, 1.54) is 27.0 Å². The topological polar surface area (TPSA) is 574 Å². The van der Waals surface area contributed by atoms with Gasteiger partial charge in [0.05, 0.1) is 25.0 Å². The summed E-state index contributed by atoms with van der Waals surface area (Å²) in [4.78, 5) is 204. The number of aromatic amines is 1. The fourth-order valence-electron chi connectivity index (χ4n) is 9.58. The van der Waals surface area contributed by atoms with E-state index < -0.39 is 210 Å². The normalized spacial score (nSPS) is 15.3. The molecule has 1 heterocycles. The van der Waals surface area contributed by atoms with Gasteiger partial charge in [0.25, 0.3) is 0 Å². The van der Waals surface area contributed by atoms with Gasteiger partial charge in [-0.3, -0.25) is 71.3 Å². The summed E-state index contributed by atoms with van der Waals surface area (Å²) in [7, 11) is -1.59. The number of rotatable bonds is 42. The summed E-state index contributed by atoms with van der Waals surface area (Å²) < 4.78 is 12.4. The summed E-state index contributed by atoms with van der Waals surface area (Å²) in [5, 5.41) is 54.1. The SMILES string of the molecule is CC(C)C[C@H](NC(=O)[C@H](Cc1c[nH]c2ccccc12)NC(=O)[C@H](CCC(N)=O)NC(=O)[C@@H](NC(=O)[C@H](Cc1ccccc1)NC(=O)[C@H](CC(=O)O)NC(=O)[C@H](CCC(N)=O)NC(=O)[C@H](C)N)C(C)C)C(=O)N[C@@H](CCS(C)=O)C(=O)N[C@@H](CC(N)=O)C(=O)N[C@H](C(=O)O)[C@@H](C)O. The number of amides is 13. The Morgan fingerprint density at radius 2 is 0.896 bits per heavy atom. The molecule has 2 aromatic carbocycles. The van der Waals surface area contributed by atoms with Crippen molar-refractivity contribution in [2.24, 2.45) is 34.8 Å². The van der Waals surface area contributed by atoms with Gasteiger partial charge in [0, 0.05) is 65.6 Å². The quantitative estimate of drug-likeness (QED) is 0.0252. The molecule has 96 heavy (non-hydrogen) atoms. The largest absolute Gasteiger partial charge is 0.481 e. The second-order valence-corrected chi connectivity index (χ2v) is 25.4. The summed E-state index contributed by atoms with van der Waals surface area (Å²) in [6, 6.07) is -3.13. The van der Waals surface area contributed by atoms with Crippen LogP contribution in [-0.2, 0) is 95.6 Å². The van der Waals surface area contributed by atoms with Crippen LogP contribution in [0.15, 0.2) is 60.8 Å². The van der Waals surface area contributed by atoms with Gasteiger partial charge in [0.15, 0.2) is 6.04 Å². The highest BCUT2D eigenvalue weighted by Gasteiger charge is 2.38. The van der Waals surface area contributed by atoms with Gasteiger partial charge in [-0.15, -0.1) is 0 Å². The van der Waals surface area contributed by atoms with Crippen molar-refractivity contribution in [2.45, 2.75) is 178 Å². The maximum Gasteiger partial charge on any atom is 0.328 e. The van der Waals surface area contributed by atoms with Crippen molar-refractivity contribution < 1.29 is 91.4 Å². The van der Waals surface area contributed by atoms with E-state index in [0.29, 0.717) is 22.0 Å². The molecule has 34 nitrogen and oxygen atoms in total. The van der Waals surface area contributed by atoms with Gasteiger partial charge < -0.3 is 96.4 Å². The molecule has 0 aliphatic heterocycles. The molecule has 1 aromatic heterocycles. The smallest absolute Gasteiger partial charge is 0.328 e. The Labute approximate surface area is 555 Å². The Kier molecular flexibility index (Phi) is 32.7. The number of nitrogens with one attached hydrogen (secondary N) is 11. The predicted molar refractivity (Wildman–Crippen MR) is 345 cm³/mol. The zero-order chi connectivity index (χ0) is 72.3. The van der Waals surface area contributed by atoms with Gasteiger partial charge in [-0.25, -0.2) is 4.79 Å². The Morgan fingerprint density at radius 1 is 0.479 bits per heavy atom. The first-order valence-corrected chi connectivity index (χ1v) is 32.4. The molecule has 0 radical (unpaired) electrons. The van der Waals surface area contributed by atoms with E-state index in [2.05, 4.69) is 52.8 Å². The molecule has 0 aliphatic rings. The van der Waals surface area contributed by atoms with Crippen LogP contribution < -0.4 is 76.1 Å². The third kappa shape index (κ3) is 27.6. The number of primary amides is 3. The van der Waals surface area contributed by atoms with Crippen LogP contribution in [0.3, 0.4) is 0 Å². The second kappa shape index (κ2) is 39.1. The highest BCUT2D eigenvalue weighted by Crippen LogP contribution is 2.20. The van der Waals surface area contributed by atoms with Crippen LogP contribution in [0.1, 0.15) is 104 Å². The molecule has 0 fully saturated rings. The number of carbonyl (C=O) groups excluding carboxylic acids is 13. The summed E-state index contributed by atoms with van der Waals surface area (Å²) in [5.74, 6) is -18.3. The van der Waals surface area contributed by atoms with Crippen molar-refractivity contribution in [3.63, 3.8) is 0 Å². The van der Waals surface area contributed by atoms with E-state index in [9.17, 15) is 91.4 Å². The van der Waals surface area contributed by atoms with E-state index in [-0.39, 0.29) is 43.8 Å². The number of hydrogen-bond acceptors (Lipinski definition) is 18. The number of carboxylic acid groups (broad SMARTS) is 2. The monoisotopic (exact) mass is 1370 g/mol. The zero-order valence-electron chi connectivity index (χ0n) is 54.2. The highest BCUT2D eigenvalue weighted by atomic mass is 32.2. The molecule has 13 atom stereocenters. The van der Waals surface area contributed by atoms with Gasteiger partial charge in [-0.05, 0) is 68.6 Å². The van der Waals surface area contributed by atoms with Gasteiger partial charge >= 0.3 is 11.9 Å². The van der Waals surface area contributed by atoms with Crippen molar-refractivity contribution >= 4 is 110 Å². The predicted octanol–water partition coefficient (Wildman–Crippen LogP) is -5.03. The van der Waals surface area contributed by atoms with Crippen LogP contribution >= 0.6 is 0 Å². The third-order valence-electron chi connectivity index (χ3n) is 14.7. The van der Waals surface area contributed by atoms with Crippen LogP contribution in [0, 0.1) is 11.8 Å². The Hall–Kier alpha value is -9.90. The molecule has 0 spiro atoms. The number of aliphatic hydroxyl groups excluding tert-OH is 1. The summed E-state index contributed by atoms with van der Waals surface area (Å²) in [6.07, 6.45) is -3.66. The molecule has 22 N–H and O–H groups in total. The first kappa shape index (κ1) is 80.3. The van der Waals surface area contributed by atoms with Crippen LogP contribution in [0.25, 0.3) is 10.9 Å². The number of fused-ring (bicyclic) bond motifs is 1. The Balaban J connectivity index is 2.05. The van der Waals surface area contributed by atoms with Crippen molar-refractivity contribution in [1.82, 2.24) is 58.2 Å². The van der Waals surface area contributed by atoms with E-state index >= 15 is 0 Å². The molecule has 0 bridgehead atoms. The highest BCUT2D eigenvalue weighted by molar-refractivity contribution is 7.84. The number of nitrogens with two attached hydrogens (primary N) is 4. The minimum absolute atomic E-state index is 0.132. The van der Waals surface area contributed by atoms with Crippen molar-refractivity contribution in [2.75, 3.05) is 12.0 Å². The van der Waals surface area contributed by atoms with Gasteiger partial charge in [-0.2, -0.15) is 0 Å². The average molecular weight is 1370 g/mol. The zero-order valence-corrected chi connectivity index (χ0v) is 55.0. The number of carboxylic acids is 2. The molecule has 3 aromatic rings. The third-order valence-corrected chi connectivity index (χ3v) is 15.5. The molecular weight excluding hydrogens is 1280 g/mol. The first-order valence-electron chi connectivity index (χ1n) is 30.6. The number of aliphatic carboxylic acids is 2. The van der Waals surface area contributed by atoms with E-state index in [0.717, 1.165) is 6.92 Å². The molecule has 0 aliphatic carbocycles. The number of benzene rings is 2. The number of hydrogen-bond donors (Lipinski definition) is 18. The molecule has 0 saturated heterocycles. The lowest BCUT2D eigenvalue weighted by molar-refractivity contribution is -0.145. The van der Waals surface area contributed by atoms with Crippen molar-refractivity contribution in [1.29, 1.82) is 0 Å². The number of aliphatic hydroxyl groups is 1. The van der Waals surface area contributed by atoms with E-state index in [1.807, 2.05) is 5.32 Å². The maximum atomic E-state index is 14.9. The van der Waals surface area contributed by atoms with Gasteiger partial charge in [0.2, 0.25) is 76.8 Å². The second-order valence-electron chi connectivity index (χ2n) is 23.8. The van der Waals surface area contributed by atoms with Crippen LogP contribution in [0.4, 0.5) is 0 Å². The maximum absolute atomic E-state index is 14.9. The average Bonchev–Trinajstić information content (AvgIpc) is 1.61. The molecular formula is C61H89N15O19S.